The predicted octanol–water partition coefficient (Wildman–Crippen LogP) is 1.52. The lowest BCUT2D eigenvalue weighted by Crippen LogP contribution is -2.30. The molecule has 0 saturated carbocycles. The highest BCUT2D eigenvalue weighted by atomic mass is 15.1. The van der Waals surface area contributed by atoms with Crippen LogP contribution in [0.2, 0.25) is 0 Å². The Balaban J connectivity index is 1.69. The maximum Gasteiger partial charge on any atom is 0.132 e. The molecule has 2 aliphatic rings. The van der Waals surface area contributed by atoms with Gasteiger partial charge in [-0.25, -0.2) is 9.97 Å². The van der Waals surface area contributed by atoms with Crippen LogP contribution >= 0.6 is 0 Å². The molecule has 2 N–H and O–H groups in total. The lowest BCUT2D eigenvalue weighted by molar-refractivity contribution is 0.627. The quantitative estimate of drug-likeness (QED) is 0.829. The molecule has 1 aromatic heterocycles. The Hall–Kier alpha value is -1.16. The molecule has 1 unspecified atom stereocenters. The standard InChI is InChI=1S/C13H20N4/c1-2-6-12-11(5-1)13(17-9-16-12)15-8-10-4-3-7-14-10/h9-10,14H,1-8H2,(H,15,16,17). The molecule has 1 saturated heterocycles. The Bertz CT molecular complexity index is 385. The van der Waals surface area contributed by atoms with E-state index in [2.05, 4.69) is 20.6 Å². The van der Waals surface area contributed by atoms with Crippen molar-refractivity contribution in [3.8, 4) is 0 Å². The summed E-state index contributed by atoms with van der Waals surface area (Å²) < 4.78 is 0. The molecular weight excluding hydrogens is 212 g/mol. The molecule has 3 rings (SSSR count). The summed E-state index contributed by atoms with van der Waals surface area (Å²) in [6.07, 6.45) is 9.08. The average Bonchev–Trinajstić information content (AvgIpc) is 2.89. The Labute approximate surface area is 102 Å². The van der Waals surface area contributed by atoms with Gasteiger partial charge in [-0.15, -0.1) is 0 Å². The highest BCUT2D eigenvalue weighted by Gasteiger charge is 2.17. The van der Waals surface area contributed by atoms with Crippen molar-refractivity contribution in [2.75, 3.05) is 18.4 Å². The van der Waals surface area contributed by atoms with Crippen LogP contribution in [0.15, 0.2) is 6.33 Å². The largest absolute Gasteiger partial charge is 0.368 e. The molecule has 4 nitrogen and oxygen atoms in total. The van der Waals surface area contributed by atoms with Gasteiger partial charge < -0.3 is 10.6 Å². The first-order valence-electron chi connectivity index (χ1n) is 6.73. The van der Waals surface area contributed by atoms with E-state index in [4.69, 9.17) is 0 Å². The van der Waals surface area contributed by atoms with Crippen LogP contribution in [-0.4, -0.2) is 29.1 Å². The van der Waals surface area contributed by atoms with Crippen molar-refractivity contribution in [3.05, 3.63) is 17.6 Å². The molecule has 0 spiro atoms. The normalized spacial score (nSPS) is 23.4. The van der Waals surface area contributed by atoms with Crippen molar-refractivity contribution in [1.82, 2.24) is 15.3 Å². The highest BCUT2D eigenvalue weighted by molar-refractivity contribution is 5.47. The number of hydrogen-bond donors (Lipinski definition) is 2. The number of anilines is 1. The van der Waals surface area contributed by atoms with E-state index in [1.54, 1.807) is 6.33 Å². The third kappa shape index (κ3) is 2.41. The van der Waals surface area contributed by atoms with Crippen molar-refractivity contribution in [2.24, 2.45) is 0 Å². The van der Waals surface area contributed by atoms with Gasteiger partial charge in [0.25, 0.3) is 0 Å². The van der Waals surface area contributed by atoms with E-state index in [0.717, 1.165) is 31.7 Å². The number of nitrogens with zero attached hydrogens (tertiary/aromatic N) is 2. The summed E-state index contributed by atoms with van der Waals surface area (Å²) in [6.45, 7) is 2.15. The van der Waals surface area contributed by atoms with Gasteiger partial charge in [-0.1, -0.05) is 0 Å². The molecule has 0 amide bonds. The van der Waals surface area contributed by atoms with Crippen LogP contribution in [0, 0.1) is 0 Å². The molecular formula is C13H20N4. The number of aromatic nitrogens is 2. The van der Waals surface area contributed by atoms with E-state index < -0.39 is 0 Å². The van der Waals surface area contributed by atoms with E-state index in [9.17, 15) is 0 Å². The van der Waals surface area contributed by atoms with Gasteiger partial charge in [0.05, 0.1) is 0 Å². The van der Waals surface area contributed by atoms with Gasteiger partial charge >= 0.3 is 0 Å². The number of aryl methyl sites for hydroxylation is 1. The summed E-state index contributed by atoms with van der Waals surface area (Å²) >= 11 is 0. The third-order valence-electron chi connectivity index (χ3n) is 3.80. The van der Waals surface area contributed by atoms with Crippen molar-refractivity contribution in [1.29, 1.82) is 0 Å². The monoisotopic (exact) mass is 232 g/mol. The molecule has 1 fully saturated rings. The van der Waals surface area contributed by atoms with Crippen LogP contribution in [0.3, 0.4) is 0 Å². The highest BCUT2D eigenvalue weighted by Crippen LogP contribution is 2.24. The smallest absolute Gasteiger partial charge is 0.132 e. The maximum absolute atomic E-state index is 4.40. The van der Waals surface area contributed by atoms with Crippen molar-refractivity contribution in [3.63, 3.8) is 0 Å². The molecule has 1 atom stereocenters. The maximum atomic E-state index is 4.40. The Morgan fingerprint density at radius 2 is 2.18 bits per heavy atom. The zero-order valence-corrected chi connectivity index (χ0v) is 10.2. The van der Waals surface area contributed by atoms with Crippen molar-refractivity contribution in [2.45, 2.75) is 44.6 Å². The first-order chi connectivity index (χ1) is 8.43. The van der Waals surface area contributed by atoms with E-state index >= 15 is 0 Å². The fraction of sp³-hybridized carbons (Fsp3) is 0.692. The summed E-state index contributed by atoms with van der Waals surface area (Å²) in [4.78, 5) is 8.80. The van der Waals surface area contributed by atoms with Crippen molar-refractivity contribution >= 4 is 5.82 Å². The number of hydrogen-bond acceptors (Lipinski definition) is 4. The molecule has 92 valence electrons. The van der Waals surface area contributed by atoms with Crippen LogP contribution in [0.25, 0.3) is 0 Å². The molecule has 2 heterocycles. The second-order valence-corrected chi connectivity index (χ2v) is 5.03. The molecule has 1 aliphatic carbocycles. The Morgan fingerprint density at radius 3 is 3.06 bits per heavy atom. The third-order valence-corrected chi connectivity index (χ3v) is 3.80. The van der Waals surface area contributed by atoms with E-state index in [-0.39, 0.29) is 0 Å². The minimum Gasteiger partial charge on any atom is -0.368 e. The summed E-state index contributed by atoms with van der Waals surface area (Å²) in [7, 11) is 0. The molecule has 0 radical (unpaired) electrons. The summed E-state index contributed by atoms with van der Waals surface area (Å²) in [6, 6.07) is 0.615. The van der Waals surface area contributed by atoms with Gasteiger partial charge in [-0.3, -0.25) is 0 Å². The SMILES string of the molecule is c1nc2c(c(NCC3CCCN3)n1)CCCC2. The van der Waals surface area contributed by atoms with Crippen molar-refractivity contribution < 1.29 is 0 Å². The van der Waals surface area contributed by atoms with Crippen LogP contribution in [-0.2, 0) is 12.8 Å². The van der Waals surface area contributed by atoms with Crippen LogP contribution in [0.5, 0.6) is 0 Å². The number of nitrogens with one attached hydrogen (secondary N) is 2. The first-order valence-corrected chi connectivity index (χ1v) is 6.73. The number of rotatable bonds is 3. The summed E-state index contributed by atoms with van der Waals surface area (Å²) in [5.41, 5.74) is 2.62. The average molecular weight is 232 g/mol. The zero-order chi connectivity index (χ0) is 11.5. The van der Waals surface area contributed by atoms with Gasteiger partial charge in [0.15, 0.2) is 0 Å². The molecule has 0 aromatic carbocycles. The molecule has 17 heavy (non-hydrogen) atoms. The van der Waals surface area contributed by atoms with E-state index in [0.29, 0.717) is 6.04 Å². The second-order valence-electron chi connectivity index (χ2n) is 5.03. The summed E-state index contributed by atoms with van der Waals surface area (Å²) in [5.74, 6) is 1.07. The summed E-state index contributed by atoms with van der Waals surface area (Å²) in [5, 5.41) is 7.00. The predicted molar refractivity (Wildman–Crippen MR) is 68.2 cm³/mol. The van der Waals surface area contributed by atoms with Gasteiger partial charge in [0.1, 0.15) is 12.1 Å². The minimum absolute atomic E-state index is 0.615. The Morgan fingerprint density at radius 1 is 1.24 bits per heavy atom. The Kier molecular flexibility index (Phi) is 3.22. The molecule has 4 heteroatoms. The molecule has 0 bridgehead atoms. The van der Waals surface area contributed by atoms with Crippen LogP contribution in [0.1, 0.15) is 36.9 Å². The van der Waals surface area contributed by atoms with Gasteiger partial charge in [-0.05, 0) is 45.1 Å². The van der Waals surface area contributed by atoms with Crippen LogP contribution in [0.4, 0.5) is 5.82 Å². The fourth-order valence-corrected chi connectivity index (χ4v) is 2.82. The van der Waals surface area contributed by atoms with Gasteiger partial charge in [-0.2, -0.15) is 0 Å². The lowest BCUT2D eigenvalue weighted by atomic mass is 9.96. The van der Waals surface area contributed by atoms with E-state index in [1.807, 2.05) is 0 Å². The van der Waals surface area contributed by atoms with E-state index in [1.165, 1.54) is 36.9 Å². The van der Waals surface area contributed by atoms with Gasteiger partial charge in [0.2, 0.25) is 0 Å². The fourth-order valence-electron chi connectivity index (χ4n) is 2.82. The topological polar surface area (TPSA) is 49.8 Å². The van der Waals surface area contributed by atoms with Crippen LogP contribution < -0.4 is 10.6 Å². The lowest BCUT2D eigenvalue weighted by Gasteiger charge is -2.19. The zero-order valence-electron chi connectivity index (χ0n) is 10.2. The minimum atomic E-state index is 0.615. The number of fused-ring (bicyclic) bond motifs is 1. The molecule has 1 aliphatic heterocycles. The first kappa shape index (κ1) is 11.0. The van der Waals surface area contributed by atoms with Gasteiger partial charge in [0, 0.05) is 23.8 Å². The second kappa shape index (κ2) is 5.00. The molecule has 1 aromatic rings.